The first-order valence-electron chi connectivity index (χ1n) is 9.40. The van der Waals surface area contributed by atoms with Crippen LogP contribution in [0.5, 0.6) is 0 Å². The molecule has 1 fully saturated rings. The van der Waals surface area contributed by atoms with Gasteiger partial charge in [0, 0.05) is 17.9 Å². The number of hydrogen-bond acceptors (Lipinski definition) is 5. The van der Waals surface area contributed by atoms with Crippen LogP contribution >= 0.6 is 0 Å². The van der Waals surface area contributed by atoms with E-state index in [2.05, 4.69) is 37.4 Å². The van der Waals surface area contributed by atoms with Crippen LogP contribution in [0, 0.1) is 13.8 Å². The van der Waals surface area contributed by atoms with Crippen LogP contribution in [0.4, 0.5) is 0 Å². The van der Waals surface area contributed by atoms with Crippen LogP contribution < -0.4 is 5.32 Å². The van der Waals surface area contributed by atoms with E-state index in [0.29, 0.717) is 12.3 Å². The van der Waals surface area contributed by atoms with E-state index < -0.39 is 0 Å². The number of likely N-dealkylation sites (tertiary alicyclic amines) is 1. The Morgan fingerprint density at radius 2 is 1.89 bits per heavy atom. The molecule has 1 N–H and O–H groups in total. The van der Waals surface area contributed by atoms with Gasteiger partial charge >= 0.3 is 0 Å². The number of benzene rings is 1. The highest BCUT2D eigenvalue weighted by Crippen LogP contribution is 2.24. The van der Waals surface area contributed by atoms with Gasteiger partial charge < -0.3 is 5.32 Å². The first-order valence-corrected chi connectivity index (χ1v) is 9.40. The van der Waals surface area contributed by atoms with Gasteiger partial charge in [0.2, 0.25) is 5.82 Å². The number of fused-ring (bicyclic) bond motifs is 1. The summed E-state index contributed by atoms with van der Waals surface area (Å²) in [5.41, 5.74) is 2.98. The van der Waals surface area contributed by atoms with E-state index in [-0.39, 0.29) is 17.8 Å². The molecule has 0 spiro atoms. The van der Waals surface area contributed by atoms with Gasteiger partial charge in [-0.2, -0.15) is 4.98 Å². The van der Waals surface area contributed by atoms with Crippen molar-refractivity contribution in [2.24, 2.45) is 0 Å². The van der Waals surface area contributed by atoms with Crippen LogP contribution in [0.3, 0.4) is 0 Å². The van der Waals surface area contributed by atoms with Crippen LogP contribution in [0.25, 0.3) is 5.78 Å². The molecule has 1 aliphatic heterocycles. The monoisotopic (exact) mass is 364 g/mol. The fourth-order valence-electron chi connectivity index (χ4n) is 3.72. The molecule has 4 rings (SSSR count). The number of nitrogens with one attached hydrogen (secondary N) is 1. The van der Waals surface area contributed by atoms with Crippen molar-refractivity contribution in [3.63, 3.8) is 0 Å². The zero-order valence-corrected chi connectivity index (χ0v) is 15.7. The Balaban J connectivity index is 1.52. The number of amides is 1. The molecule has 1 amide bonds. The van der Waals surface area contributed by atoms with Gasteiger partial charge in [-0.05, 0) is 51.4 Å². The minimum absolute atomic E-state index is 0.157. The van der Waals surface area contributed by atoms with Gasteiger partial charge in [-0.15, -0.1) is 5.10 Å². The molecule has 3 heterocycles. The molecule has 1 unspecified atom stereocenters. The molecular weight excluding hydrogens is 340 g/mol. The van der Waals surface area contributed by atoms with Crippen molar-refractivity contribution in [1.29, 1.82) is 0 Å². The summed E-state index contributed by atoms with van der Waals surface area (Å²) >= 11 is 0. The van der Waals surface area contributed by atoms with Crippen LogP contribution in [0.1, 0.15) is 46.5 Å². The summed E-state index contributed by atoms with van der Waals surface area (Å²) in [4.78, 5) is 23.7. The van der Waals surface area contributed by atoms with E-state index in [9.17, 15) is 4.79 Å². The first kappa shape index (κ1) is 17.6. The largest absolute Gasteiger partial charge is 0.347 e. The summed E-state index contributed by atoms with van der Waals surface area (Å²) in [6.45, 7) is 6.48. The molecule has 1 atom stereocenters. The molecule has 7 nitrogen and oxygen atoms in total. The number of aromatic nitrogens is 4. The lowest BCUT2D eigenvalue weighted by molar-refractivity contribution is 0.0927. The third-order valence-corrected chi connectivity index (χ3v) is 5.04. The number of aryl methyl sites for hydroxylation is 2. The maximum atomic E-state index is 12.7. The maximum absolute atomic E-state index is 12.7. The van der Waals surface area contributed by atoms with Crippen LogP contribution in [-0.4, -0.2) is 50.0 Å². The Hall–Kier alpha value is -2.80. The summed E-state index contributed by atoms with van der Waals surface area (Å²) in [6, 6.07) is 12.4. The second-order valence-corrected chi connectivity index (χ2v) is 7.07. The van der Waals surface area contributed by atoms with Crippen LogP contribution in [-0.2, 0) is 0 Å². The average molecular weight is 364 g/mol. The van der Waals surface area contributed by atoms with Gasteiger partial charge in [-0.25, -0.2) is 9.50 Å². The molecule has 140 valence electrons. The summed E-state index contributed by atoms with van der Waals surface area (Å²) < 4.78 is 1.61. The molecule has 1 aliphatic rings. The number of hydrogen-bond donors (Lipinski definition) is 1. The second-order valence-electron chi connectivity index (χ2n) is 7.07. The van der Waals surface area contributed by atoms with E-state index >= 15 is 0 Å². The zero-order chi connectivity index (χ0) is 18.8. The van der Waals surface area contributed by atoms with Crippen LogP contribution in [0.2, 0.25) is 0 Å². The lowest BCUT2D eigenvalue weighted by Gasteiger charge is -2.28. The third kappa shape index (κ3) is 3.68. The lowest BCUT2D eigenvalue weighted by atomic mass is 10.1. The van der Waals surface area contributed by atoms with Gasteiger partial charge in [0.25, 0.3) is 11.7 Å². The highest BCUT2D eigenvalue weighted by molar-refractivity contribution is 5.90. The molecule has 7 heteroatoms. The number of rotatable bonds is 5. The molecule has 27 heavy (non-hydrogen) atoms. The van der Waals surface area contributed by atoms with E-state index in [1.165, 1.54) is 18.4 Å². The van der Waals surface area contributed by atoms with Gasteiger partial charge in [0.15, 0.2) is 0 Å². The lowest BCUT2D eigenvalue weighted by Crippen LogP contribution is -2.37. The Morgan fingerprint density at radius 1 is 1.15 bits per heavy atom. The summed E-state index contributed by atoms with van der Waals surface area (Å²) in [7, 11) is 0. The second kappa shape index (κ2) is 7.44. The topological polar surface area (TPSA) is 75.4 Å². The third-order valence-electron chi connectivity index (χ3n) is 5.04. The smallest absolute Gasteiger partial charge is 0.291 e. The Bertz CT molecular complexity index is 946. The van der Waals surface area contributed by atoms with Gasteiger partial charge in [0.1, 0.15) is 0 Å². The molecule has 1 aromatic carbocycles. The van der Waals surface area contributed by atoms with Crippen molar-refractivity contribution in [3.8, 4) is 0 Å². The fraction of sp³-hybridized carbons (Fsp3) is 0.400. The zero-order valence-electron chi connectivity index (χ0n) is 15.7. The van der Waals surface area contributed by atoms with Crippen molar-refractivity contribution in [2.75, 3.05) is 19.6 Å². The summed E-state index contributed by atoms with van der Waals surface area (Å²) in [5.74, 6) is 0.346. The van der Waals surface area contributed by atoms with E-state index in [1.807, 2.05) is 38.1 Å². The maximum Gasteiger partial charge on any atom is 0.291 e. The number of carbonyl (C=O) groups excluding carboxylic acids is 1. The van der Waals surface area contributed by atoms with E-state index in [1.54, 1.807) is 4.52 Å². The van der Waals surface area contributed by atoms with Crippen molar-refractivity contribution >= 4 is 11.7 Å². The van der Waals surface area contributed by atoms with Gasteiger partial charge in [-0.1, -0.05) is 30.3 Å². The van der Waals surface area contributed by atoms with Crippen molar-refractivity contribution in [2.45, 2.75) is 32.7 Å². The summed E-state index contributed by atoms with van der Waals surface area (Å²) in [5, 5.41) is 7.34. The standard InChI is InChI=1S/C20H24N6O/c1-14-12-15(2)26-20(22-14)23-18(24-26)19(27)21-13-17(25-10-6-7-11-25)16-8-4-3-5-9-16/h3-5,8-9,12,17H,6-7,10-11,13H2,1-2H3,(H,21,27). The minimum Gasteiger partial charge on any atom is -0.347 e. The van der Waals surface area contributed by atoms with Crippen molar-refractivity contribution < 1.29 is 4.79 Å². The quantitative estimate of drug-likeness (QED) is 0.752. The fourth-order valence-corrected chi connectivity index (χ4v) is 3.72. The predicted molar refractivity (Wildman–Crippen MR) is 103 cm³/mol. The van der Waals surface area contributed by atoms with E-state index in [4.69, 9.17) is 0 Å². The van der Waals surface area contributed by atoms with Crippen LogP contribution in [0.15, 0.2) is 36.4 Å². The highest BCUT2D eigenvalue weighted by Gasteiger charge is 2.24. The Labute approximate surface area is 158 Å². The predicted octanol–water partition coefficient (Wildman–Crippen LogP) is 2.31. The normalized spacial score (nSPS) is 15.9. The molecule has 0 aliphatic carbocycles. The number of nitrogens with zero attached hydrogens (tertiary/aromatic N) is 5. The van der Waals surface area contributed by atoms with E-state index in [0.717, 1.165) is 24.5 Å². The molecule has 1 saturated heterocycles. The molecule has 0 saturated carbocycles. The number of carbonyl (C=O) groups is 1. The molecule has 0 bridgehead atoms. The molecule has 0 radical (unpaired) electrons. The minimum atomic E-state index is -0.266. The molecule has 2 aromatic heterocycles. The molecule has 3 aromatic rings. The Kier molecular flexibility index (Phi) is 4.85. The average Bonchev–Trinajstić information content (AvgIpc) is 3.32. The first-order chi connectivity index (χ1) is 13.1. The summed E-state index contributed by atoms with van der Waals surface area (Å²) in [6.07, 6.45) is 2.41. The van der Waals surface area contributed by atoms with Crippen molar-refractivity contribution in [3.05, 3.63) is 59.2 Å². The molecular formula is C20H24N6O. The Morgan fingerprint density at radius 3 is 2.63 bits per heavy atom. The van der Waals surface area contributed by atoms with Crippen molar-refractivity contribution in [1.82, 2.24) is 29.8 Å². The van der Waals surface area contributed by atoms with Gasteiger partial charge in [-0.3, -0.25) is 9.69 Å². The van der Waals surface area contributed by atoms with Gasteiger partial charge in [0.05, 0.1) is 6.04 Å². The SMILES string of the molecule is Cc1cc(C)n2nc(C(=O)NCC(c3ccccc3)N3CCCC3)nc2n1. The highest BCUT2D eigenvalue weighted by atomic mass is 16.2.